The summed E-state index contributed by atoms with van der Waals surface area (Å²) in [7, 11) is 1.53. The number of phenols is 1. The molecule has 21 heavy (non-hydrogen) atoms. The van der Waals surface area contributed by atoms with E-state index in [9.17, 15) is 9.90 Å². The van der Waals surface area contributed by atoms with Crippen LogP contribution in [-0.4, -0.2) is 18.0 Å². The third kappa shape index (κ3) is 7.16. The number of unbranched alkanes of at least 4 members (excludes halogenated alkanes) is 5. The summed E-state index contributed by atoms with van der Waals surface area (Å²) in [5.74, 6) is 0.927. The van der Waals surface area contributed by atoms with Crippen molar-refractivity contribution < 1.29 is 14.6 Å². The van der Waals surface area contributed by atoms with Crippen molar-refractivity contribution in [3.63, 3.8) is 0 Å². The zero-order chi connectivity index (χ0) is 15.5. The van der Waals surface area contributed by atoms with Crippen LogP contribution in [-0.2, 0) is 11.2 Å². The van der Waals surface area contributed by atoms with Crippen molar-refractivity contribution in [1.82, 2.24) is 0 Å². The zero-order valence-corrected chi connectivity index (χ0v) is 13.4. The van der Waals surface area contributed by atoms with Gasteiger partial charge in [-0.2, -0.15) is 0 Å². The molecule has 1 rings (SSSR count). The average Bonchev–Trinajstić information content (AvgIpc) is 2.49. The van der Waals surface area contributed by atoms with Gasteiger partial charge in [-0.25, -0.2) is 0 Å². The number of Topliss-reactive ketones (excluding diaryl/α,β-unsaturated/α-hetero) is 1. The van der Waals surface area contributed by atoms with E-state index in [1.165, 1.54) is 32.8 Å². The second-order valence-corrected chi connectivity index (χ2v) is 5.56. The van der Waals surface area contributed by atoms with Crippen molar-refractivity contribution in [1.29, 1.82) is 0 Å². The molecule has 0 heterocycles. The number of benzene rings is 1. The normalized spacial score (nSPS) is 10.6. The topological polar surface area (TPSA) is 46.5 Å². The van der Waals surface area contributed by atoms with E-state index in [4.69, 9.17) is 4.74 Å². The number of hydrogen-bond acceptors (Lipinski definition) is 3. The molecule has 0 aliphatic rings. The lowest BCUT2D eigenvalue weighted by Gasteiger charge is -2.06. The molecule has 0 fully saturated rings. The summed E-state index contributed by atoms with van der Waals surface area (Å²) in [5, 5.41) is 9.69. The largest absolute Gasteiger partial charge is 0.504 e. The third-order valence-corrected chi connectivity index (χ3v) is 3.74. The summed E-state index contributed by atoms with van der Waals surface area (Å²) >= 11 is 0. The van der Waals surface area contributed by atoms with Gasteiger partial charge in [-0.1, -0.05) is 45.1 Å². The smallest absolute Gasteiger partial charge is 0.160 e. The Morgan fingerprint density at radius 2 is 1.81 bits per heavy atom. The Balaban J connectivity index is 2.19. The van der Waals surface area contributed by atoms with Gasteiger partial charge < -0.3 is 9.84 Å². The number of aromatic hydroxyl groups is 1. The fourth-order valence-corrected chi connectivity index (χ4v) is 2.40. The molecule has 0 aliphatic carbocycles. The van der Waals surface area contributed by atoms with Crippen molar-refractivity contribution >= 4 is 5.78 Å². The highest BCUT2D eigenvalue weighted by atomic mass is 16.5. The first-order valence-corrected chi connectivity index (χ1v) is 8.05. The Kier molecular flexibility index (Phi) is 8.56. The van der Waals surface area contributed by atoms with E-state index in [2.05, 4.69) is 6.92 Å². The number of aryl methyl sites for hydroxylation is 1. The molecule has 0 unspecified atom stereocenters. The van der Waals surface area contributed by atoms with Crippen molar-refractivity contribution in [3.8, 4) is 11.5 Å². The summed E-state index contributed by atoms with van der Waals surface area (Å²) in [6, 6.07) is 5.32. The first-order chi connectivity index (χ1) is 10.2. The van der Waals surface area contributed by atoms with Gasteiger partial charge in [0.05, 0.1) is 7.11 Å². The predicted octanol–water partition coefficient (Wildman–Crippen LogP) is 4.65. The molecule has 0 atom stereocenters. The molecule has 0 saturated carbocycles. The lowest BCUT2D eigenvalue weighted by Crippen LogP contribution is -2.00. The van der Waals surface area contributed by atoms with E-state index in [1.807, 2.05) is 6.07 Å². The van der Waals surface area contributed by atoms with Gasteiger partial charge in [-0.3, -0.25) is 4.79 Å². The van der Waals surface area contributed by atoms with Gasteiger partial charge in [0.15, 0.2) is 11.5 Å². The highest BCUT2D eigenvalue weighted by molar-refractivity contribution is 5.78. The van der Waals surface area contributed by atoms with Crippen molar-refractivity contribution in [2.75, 3.05) is 7.11 Å². The van der Waals surface area contributed by atoms with E-state index in [0.717, 1.165) is 18.4 Å². The van der Waals surface area contributed by atoms with Gasteiger partial charge in [0.1, 0.15) is 5.78 Å². The van der Waals surface area contributed by atoms with Crippen LogP contribution in [0.2, 0.25) is 0 Å². The minimum absolute atomic E-state index is 0.137. The second-order valence-electron chi connectivity index (χ2n) is 5.56. The fourth-order valence-electron chi connectivity index (χ4n) is 2.40. The highest BCUT2D eigenvalue weighted by Gasteiger charge is 2.06. The lowest BCUT2D eigenvalue weighted by molar-refractivity contribution is -0.119. The van der Waals surface area contributed by atoms with Gasteiger partial charge in [0.2, 0.25) is 0 Å². The second kappa shape index (κ2) is 10.3. The van der Waals surface area contributed by atoms with Crippen LogP contribution in [0.4, 0.5) is 0 Å². The van der Waals surface area contributed by atoms with Crippen LogP contribution in [0.5, 0.6) is 11.5 Å². The minimum atomic E-state index is 0.137. The maximum Gasteiger partial charge on any atom is 0.160 e. The number of methoxy groups -OCH3 is 1. The molecule has 0 bridgehead atoms. The number of hydrogen-bond donors (Lipinski definition) is 1. The molecule has 0 radical (unpaired) electrons. The SMILES string of the molecule is CCCCCCCCC(=O)CCc1ccc(OC)c(O)c1. The summed E-state index contributed by atoms with van der Waals surface area (Å²) in [4.78, 5) is 11.8. The zero-order valence-electron chi connectivity index (χ0n) is 13.4. The molecule has 1 aromatic carbocycles. The molecular formula is C18H28O3. The fraction of sp³-hybridized carbons (Fsp3) is 0.611. The predicted molar refractivity (Wildman–Crippen MR) is 86.0 cm³/mol. The van der Waals surface area contributed by atoms with Crippen molar-refractivity contribution in [2.45, 2.75) is 64.7 Å². The van der Waals surface area contributed by atoms with E-state index >= 15 is 0 Å². The Hall–Kier alpha value is -1.51. The monoisotopic (exact) mass is 292 g/mol. The maximum atomic E-state index is 11.8. The van der Waals surface area contributed by atoms with Gasteiger partial charge >= 0.3 is 0 Å². The number of ketones is 1. The summed E-state index contributed by atoms with van der Waals surface area (Å²) in [6.45, 7) is 2.21. The standard InChI is InChI=1S/C18H28O3/c1-3-4-5-6-7-8-9-16(19)12-10-15-11-13-18(21-2)17(20)14-15/h11,13-14,20H,3-10,12H2,1-2H3. The van der Waals surface area contributed by atoms with Crippen LogP contribution in [0.3, 0.4) is 0 Å². The Morgan fingerprint density at radius 1 is 1.10 bits per heavy atom. The van der Waals surface area contributed by atoms with Crippen molar-refractivity contribution in [3.05, 3.63) is 23.8 Å². The average molecular weight is 292 g/mol. The van der Waals surface area contributed by atoms with Gasteiger partial charge in [-0.05, 0) is 30.5 Å². The molecule has 118 valence electrons. The molecule has 1 aromatic rings. The van der Waals surface area contributed by atoms with Gasteiger partial charge in [0, 0.05) is 12.8 Å². The number of carbonyl (C=O) groups is 1. The van der Waals surface area contributed by atoms with Gasteiger partial charge in [-0.15, -0.1) is 0 Å². The Bertz CT molecular complexity index is 426. The quantitative estimate of drug-likeness (QED) is 0.604. The van der Waals surface area contributed by atoms with E-state index in [1.54, 1.807) is 12.1 Å². The van der Waals surface area contributed by atoms with Crippen LogP contribution < -0.4 is 4.74 Å². The van der Waals surface area contributed by atoms with Crippen LogP contribution in [0.25, 0.3) is 0 Å². The number of phenolic OH excluding ortho intramolecular Hbond substituents is 1. The molecule has 3 heteroatoms. The first-order valence-electron chi connectivity index (χ1n) is 8.05. The molecular weight excluding hydrogens is 264 g/mol. The Labute approximate surface area is 128 Å². The molecule has 0 aromatic heterocycles. The number of rotatable bonds is 11. The third-order valence-electron chi connectivity index (χ3n) is 3.74. The summed E-state index contributed by atoms with van der Waals surface area (Å²) in [5.41, 5.74) is 0.976. The van der Waals surface area contributed by atoms with E-state index < -0.39 is 0 Å². The van der Waals surface area contributed by atoms with Crippen LogP contribution in [0, 0.1) is 0 Å². The van der Waals surface area contributed by atoms with Crippen molar-refractivity contribution in [2.24, 2.45) is 0 Å². The first kappa shape index (κ1) is 17.5. The lowest BCUT2D eigenvalue weighted by atomic mass is 10.0. The molecule has 0 spiro atoms. The van der Waals surface area contributed by atoms with E-state index in [0.29, 0.717) is 30.8 Å². The minimum Gasteiger partial charge on any atom is -0.504 e. The molecule has 3 nitrogen and oxygen atoms in total. The van der Waals surface area contributed by atoms with E-state index in [-0.39, 0.29) is 5.75 Å². The van der Waals surface area contributed by atoms with Crippen LogP contribution in [0.1, 0.15) is 63.9 Å². The van der Waals surface area contributed by atoms with Gasteiger partial charge in [0.25, 0.3) is 0 Å². The maximum absolute atomic E-state index is 11.8. The molecule has 0 amide bonds. The number of ether oxygens (including phenoxy) is 1. The molecule has 1 N–H and O–H groups in total. The highest BCUT2D eigenvalue weighted by Crippen LogP contribution is 2.26. The summed E-state index contributed by atoms with van der Waals surface area (Å²) in [6.07, 6.45) is 9.19. The Morgan fingerprint density at radius 3 is 2.48 bits per heavy atom. The number of carbonyl (C=O) groups excluding carboxylic acids is 1. The summed E-state index contributed by atoms with van der Waals surface area (Å²) < 4.78 is 5.00. The molecule has 0 saturated heterocycles. The van der Waals surface area contributed by atoms with Crippen LogP contribution >= 0.6 is 0 Å². The molecule has 0 aliphatic heterocycles. The van der Waals surface area contributed by atoms with Crippen LogP contribution in [0.15, 0.2) is 18.2 Å².